The predicted octanol–water partition coefficient (Wildman–Crippen LogP) is 17.1. The number of hydrogen-bond donors (Lipinski definition) is 0. The molecule has 0 amide bonds. The predicted molar refractivity (Wildman–Crippen MR) is 289 cm³/mol. The van der Waals surface area contributed by atoms with Gasteiger partial charge in [0.2, 0.25) is 0 Å². The highest BCUT2D eigenvalue weighted by atomic mass is 16.3. The van der Waals surface area contributed by atoms with Gasteiger partial charge in [0, 0.05) is 76.8 Å². The molecule has 0 saturated carbocycles. The molecule has 15 rings (SSSR count). The second-order valence-corrected chi connectivity index (χ2v) is 18.2. The summed E-state index contributed by atoms with van der Waals surface area (Å²) in [5.74, 6) is 0. The molecule has 69 heavy (non-hydrogen) atoms. The first kappa shape index (κ1) is 37.9. The molecule has 4 aromatic heterocycles. The zero-order valence-electron chi connectivity index (χ0n) is 37.3. The minimum Gasteiger partial charge on any atom is -0.456 e. The summed E-state index contributed by atoms with van der Waals surface area (Å²) in [7, 11) is 0. The van der Waals surface area contributed by atoms with Crippen molar-refractivity contribution in [3.8, 4) is 22.7 Å². The van der Waals surface area contributed by atoms with Crippen molar-refractivity contribution in [1.82, 2.24) is 18.3 Å². The molecule has 0 aliphatic heterocycles. The van der Waals surface area contributed by atoms with E-state index in [1.165, 1.54) is 48.9 Å². The lowest BCUT2D eigenvalue weighted by Gasteiger charge is -2.15. The molecule has 0 radical (unpaired) electrons. The van der Waals surface area contributed by atoms with Crippen molar-refractivity contribution in [3.63, 3.8) is 0 Å². The molecule has 0 unspecified atom stereocenters. The Bertz CT molecular complexity index is 4670. The molecular weight excluding hydrogens is 841 g/mol. The lowest BCUT2D eigenvalue weighted by molar-refractivity contribution is 0.669. The fraction of sp³-hybridized carbons (Fsp3) is 0. The number of para-hydroxylation sites is 3. The normalized spacial score (nSPS) is 12.1. The molecule has 5 nitrogen and oxygen atoms in total. The van der Waals surface area contributed by atoms with Crippen molar-refractivity contribution in [3.05, 3.63) is 243 Å². The van der Waals surface area contributed by atoms with Crippen LogP contribution in [0, 0.1) is 0 Å². The van der Waals surface area contributed by atoms with E-state index in [0.717, 1.165) is 83.0 Å². The molecule has 5 heteroatoms. The van der Waals surface area contributed by atoms with Crippen LogP contribution < -0.4 is 0 Å². The van der Waals surface area contributed by atoms with Gasteiger partial charge in [-0.3, -0.25) is 0 Å². The first-order chi connectivity index (χ1) is 34.2. The first-order valence-electron chi connectivity index (χ1n) is 23.6. The average molecular weight is 881 g/mol. The summed E-state index contributed by atoms with van der Waals surface area (Å²) in [5, 5.41) is 11.7. The summed E-state index contributed by atoms with van der Waals surface area (Å²) in [4.78, 5) is 0. The summed E-state index contributed by atoms with van der Waals surface area (Å²) < 4.78 is 16.3. The smallest absolute Gasteiger partial charge is 0.135 e. The van der Waals surface area contributed by atoms with Gasteiger partial charge in [0.15, 0.2) is 0 Å². The second-order valence-electron chi connectivity index (χ2n) is 18.2. The molecule has 11 aromatic carbocycles. The summed E-state index contributed by atoms with van der Waals surface area (Å²) in [6.07, 6.45) is 0. The van der Waals surface area contributed by atoms with Crippen molar-refractivity contribution in [1.29, 1.82) is 0 Å². The molecule has 4 heterocycles. The lowest BCUT2D eigenvalue weighted by atomic mass is 10.1. The molecule has 0 atom stereocenters. The van der Waals surface area contributed by atoms with Crippen LogP contribution in [0.1, 0.15) is 0 Å². The largest absolute Gasteiger partial charge is 0.456 e. The molecular formula is C64H40N4O. The Labute approximate surface area is 395 Å². The molecule has 15 aromatic rings. The second kappa shape index (κ2) is 14.6. The maximum absolute atomic E-state index is 6.65. The Morgan fingerprint density at radius 1 is 0.232 bits per heavy atom. The van der Waals surface area contributed by atoms with E-state index in [1.54, 1.807) is 0 Å². The van der Waals surface area contributed by atoms with E-state index in [0.29, 0.717) is 0 Å². The third kappa shape index (κ3) is 5.71. The van der Waals surface area contributed by atoms with Crippen molar-refractivity contribution in [2.45, 2.75) is 0 Å². The fourth-order valence-corrected chi connectivity index (χ4v) is 11.3. The van der Waals surface area contributed by atoms with Crippen LogP contribution >= 0.6 is 0 Å². The fourth-order valence-electron chi connectivity index (χ4n) is 11.3. The zero-order valence-corrected chi connectivity index (χ0v) is 37.3. The molecule has 0 saturated heterocycles. The Balaban J connectivity index is 1.02. The van der Waals surface area contributed by atoms with Gasteiger partial charge in [-0.1, -0.05) is 121 Å². The highest BCUT2D eigenvalue weighted by Gasteiger charge is 2.18. The number of fused-ring (bicyclic) bond motifs is 14. The molecule has 0 aliphatic rings. The molecule has 0 aliphatic carbocycles. The van der Waals surface area contributed by atoms with Crippen LogP contribution in [-0.4, -0.2) is 18.3 Å². The van der Waals surface area contributed by atoms with E-state index in [4.69, 9.17) is 4.42 Å². The Morgan fingerprint density at radius 2 is 0.739 bits per heavy atom. The molecule has 8 bridgehead atoms. The van der Waals surface area contributed by atoms with E-state index in [1.807, 2.05) is 0 Å². The van der Waals surface area contributed by atoms with Crippen molar-refractivity contribution < 1.29 is 4.42 Å². The number of aromatic nitrogens is 4. The Hall–Kier alpha value is -9.32. The zero-order chi connectivity index (χ0) is 45.2. The van der Waals surface area contributed by atoms with E-state index < -0.39 is 0 Å². The van der Waals surface area contributed by atoms with Crippen molar-refractivity contribution >= 4 is 109 Å². The van der Waals surface area contributed by atoms with Gasteiger partial charge in [-0.15, -0.1) is 0 Å². The molecule has 0 spiro atoms. The van der Waals surface area contributed by atoms with Gasteiger partial charge in [0.25, 0.3) is 0 Å². The topological polar surface area (TPSA) is 32.9 Å². The standard InChI is InChI=1S/C64H40N4O/c1-2-17-44(18-3-1)67-59-24-8-7-23-53(59)55-37-47(28-32-61(55)67)65-45-19-10-15-42(35-45)43-16-11-20-46(36-43)66(49-30-34-64-57(39-49)56-38-48(65)29-33-63(56)69-64)50-27-31-54-52-22-6-9-25-60(52)68(62(54)40-50)58-26-12-14-41-13-4-5-21-51(41)58/h1-40H. The number of benzene rings is 11. The van der Waals surface area contributed by atoms with Crippen LogP contribution in [0.15, 0.2) is 247 Å². The number of rotatable bonds is 4. The maximum atomic E-state index is 6.65. The molecule has 0 N–H and O–H groups in total. The van der Waals surface area contributed by atoms with Crippen LogP contribution in [-0.2, 0) is 0 Å². The molecule has 0 fully saturated rings. The number of hydrogen-bond acceptors (Lipinski definition) is 1. The summed E-state index contributed by atoms with van der Waals surface area (Å²) in [6, 6.07) is 88.5. The highest BCUT2D eigenvalue weighted by Crippen LogP contribution is 2.39. The van der Waals surface area contributed by atoms with E-state index in [9.17, 15) is 0 Å². The van der Waals surface area contributed by atoms with Crippen LogP contribution in [0.25, 0.3) is 132 Å². The van der Waals surface area contributed by atoms with Gasteiger partial charge < -0.3 is 22.7 Å². The molecule has 322 valence electrons. The highest BCUT2D eigenvalue weighted by molar-refractivity contribution is 6.13. The van der Waals surface area contributed by atoms with Crippen LogP contribution in [0.5, 0.6) is 0 Å². The minimum atomic E-state index is 0.849. The summed E-state index contributed by atoms with van der Waals surface area (Å²) in [6.45, 7) is 0. The third-order valence-electron chi connectivity index (χ3n) is 14.3. The van der Waals surface area contributed by atoms with Gasteiger partial charge in [-0.05, 0) is 137 Å². The monoisotopic (exact) mass is 880 g/mol. The van der Waals surface area contributed by atoms with Gasteiger partial charge in [0.1, 0.15) is 11.2 Å². The quantitative estimate of drug-likeness (QED) is 0.173. The maximum Gasteiger partial charge on any atom is 0.135 e. The van der Waals surface area contributed by atoms with Gasteiger partial charge in [-0.25, -0.2) is 0 Å². The van der Waals surface area contributed by atoms with Crippen LogP contribution in [0.2, 0.25) is 0 Å². The van der Waals surface area contributed by atoms with E-state index >= 15 is 0 Å². The average Bonchev–Trinajstić information content (AvgIpc) is 4.06. The minimum absolute atomic E-state index is 0.849. The van der Waals surface area contributed by atoms with E-state index in [-0.39, 0.29) is 0 Å². The Kier molecular flexibility index (Phi) is 8.00. The Morgan fingerprint density at radius 3 is 1.45 bits per heavy atom. The van der Waals surface area contributed by atoms with Gasteiger partial charge in [-0.2, -0.15) is 0 Å². The van der Waals surface area contributed by atoms with Crippen molar-refractivity contribution in [2.24, 2.45) is 0 Å². The van der Waals surface area contributed by atoms with Crippen LogP contribution in [0.3, 0.4) is 0 Å². The third-order valence-corrected chi connectivity index (χ3v) is 14.3. The lowest BCUT2D eigenvalue weighted by Crippen LogP contribution is -1.99. The van der Waals surface area contributed by atoms with Gasteiger partial charge >= 0.3 is 0 Å². The van der Waals surface area contributed by atoms with Gasteiger partial charge in [0.05, 0.1) is 27.8 Å². The van der Waals surface area contributed by atoms with Crippen molar-refractivity contribution in [2.75, 3.05) is 0 Å². The summed E-state index contributed by atoms with van der Waals surface area (Å²) >= 11 is 0. The summed E-state index contributed by atoms with van der Waals surface area (Å²) in [5.41, 5.74) is 15.0. The first-order valence-corrected chi connectivity index (χ1v) is 23.6. The van der Waals surface area contributed by atoms with E-state index in [2.05, 4.69) is 261 Å². The number of furan rings is 1. The SMILES string of the molecule is c1ccc(-n2c3ccccc3c3cc(-n4c5cccc(c5)c5cccc(c5)n(-c5ccc6c7ccccc7n(-c7cccc8ccccc78)c6c5)c5ccc6oc7ccc4cc7c6c5)ccc32)cc1. The van der Waals surface area contributed by atoms with Crippen LogP contribution in [0.4, 0.5) is 0 Å². The number of nitrogens with zero attached hydrogens (tertiary/aromatic N) is 4.